The van der Waals surface area contributed by atoms with E-state index in [1.54, 1.807) is 0 Å². The largest absolute Gasteiger partial charge is 0.365 e. The lowest BCUT2D eigenvalue weighted by molar-refractivity contribution is -0.0858. The Bertz CT molecular complexity index is 790. The van der Waals surface area contributed by atoms with E-state index in [1.807, 2.05) is 5.57 Å². The topological polar surface area (TPSA) is 12.5 Å². The zero-order valence-corrected chi connectivity index (χ0v) is 20.2. The number of rotatable bonds is 5. The molecule has 0 aromatic heterocycles. The molecule has 0 bridgehead atoms. The van der Waals surface area contributed by atoms with Gasteiger partial charge in [-0.3, -0.25) is 0 Å². The number of ether oxygens (including phenoxy) is 1. The highest BCUT2D eigenvalue weighted by molar-refractivity contribution is 5.32. The molecule has 6 rings (SSSR count). The Kier molecular flexibility index (Phi) is 4.06. The maximum atomic E-state index is 5.98. The van der Waals surface area contributed by atoms with Crippen molar-refractivity contribution in [1.29, 1.82) is 0 Å². The fraction of sp³-hybridized carbons (Fsp3) is 0.862. The highest BCUT2D eigenvalue weighted by Gasteiger charge is 2.74. The first-order valence-electron chi connectivity index (χ1n) is 13.2. The molecule has 1 heteroatoms. The molecule has 5 fully saturated rings. The highest BCUT2D eigenvalue weighted by atomic mass is 16.6. The summed E-state index contributed by atoms with van der Waals surface area (Å²) in [6.45, 7) is 17.2. The maximum absolute atomic E-state index is 5.98. The number of hydrogen-bond donors (Lipinski definition) is 0. The summed E-state index contributed by atoms with van der Waals surface area (Å²) in [5.41, 5.74) is 3.84. The first kappa shape index (κ1) is 20.1. The van der Waals surface area contributed by atoms with Crippen LogP contribution in [0.4, 0.5) is 0 Å². The lowest BCUT2D eigenvalue weighted by atomic mass is 9.46. The zero-order valence-electron chi connectivity index (χ0n) is 20.2. The van der Waals surface area contributed by atoms with Gasteiger partial charge >= 0.3 is 0 Å². The summed E-state index contributed by atoms with van der Waals surface area (Å²) in [4.78, 5) is 0. The Morgan fingerprint density at radius 3 is 2.57 bits per heavy atom. The van der Waals surface area contributed by atoms with Crippen LogP contribution in [0, 0.1) is 51.2 Å². The van der Waals surface area contributed by atoms with E-state index in [2.05, 4.69) is 53.3 Å². The van der Waals surface area contributed by atoms with Gasteiger partial charge in [-0.25, -0.2) is 0 Å². The number of epoxide rings is 1. The van der Waals surface area contributed by atoms with Crippen molar-refractivity contribution in [2.75, 3.05) is 0 Å². The van der Waals surface area contributed by atoms with Crippen LogP contribution in [0.2, 0.25) is 0 Å². The second-order valence-electron chi connectivity index (χ2n) is 13.3. The van der Waals surface area contributed by atoms with Gasteiger partial charge < -0.3 is 4.74 Å². The molecule has 0 aromatic rings. The van der Waals surface area contributed by atoms with E-state index in [0.717, 1.165) is 23.7 Å². The summed E-state index contributed by atoms with van der Waals surface area (Å²) in [5, 5.41) is 0. The zero-order chi connectivity index (χ0) is 21.1. The summed E-state index contributed by atoms with van der Waals surface area (Å²) in [6.07, 6.45) is 18.6. The molecule has 0 amide bonds. The summed E-state index contributed by atoms with van der Waals surface area (Å²) >= 11 is 0. The van der Waals surface area contributed by atoms with E-state index in [-0.39, 0.29) is 0 Å². The third-order valence-electron chi connectivity index (χ3n) is 12.2. The Balaban J connectivity index is 1.34. The van der Waals surface area contributed by atoms with E-state index in [9.17, 15) is 0 Å². The Hall–Kier alpha value is -0.560. The first-order chi connectivity index (χ1) is 14.2. The Morgan fingerprint density at radius 1 is 1.13 bits per heavy atom. The lowest BCUT2D eigenvalue weighted by Gasteiger charge is -2.59. The van der Waals surface area contributed by atoms with Crippen LogP contribution >= 0.6 is 0 Å². The molecule has 6 aliphatic rings. The van der Waals surface area contributed by atoms with Gasteiger partial charge in [0.05, 0.1) is 6.10 Å². The maximum Gasteiger partial charge on any atom is 0.103 e. The van der Waals surface area contributed by atoms with Gasteiger partial charge in [0.1, 0.15) is 6.10 Å². The van der Waals surface area contributed by atoms with Crippen LogP contribution in [-0.2, 0) is 4.74 Å². The van der Waals surface area contributed by atoms with Crippen molar-refractivity contribution >= 4 is 0 Å². The predicted octanol–water partition coefficient (Wildman–Crippen LogP) is 7.57. The monoisotopic (exact) mass is 408 g/mol. The molecule has 0 aromatic carbocycles. The van der Waals surface area contributed by atoms with Gasteiger partial charge in [-0.05, 0) is 109 Å². The standard InChI is InChI=1S/C29H44O/c1-7-18(3)29(8-2)21-15-19(21)23-17-27(5,13-14-28(23,29)6)20-9-10-24-25(30-24)16-22(20)26(4)11-12-26/h7,16,18-21,23-25H,1,8-15,17H2,2-6H3/t18?,19-,20+,21+,23-,24?,25?,27+,28+,29+/m1/s1. The van der Waals surface area contributed by atoms with Crippen molar-refractivity contribution in [2.24, 2.45) is 51.2 Å². The molecule has 3 unspecified atom stereocenters. The minimum atomic E-state index is 0.459. The molecule has 30 heavy (non-hydrogen) atoms. The number of allylic oxidation sites excluding steroid dienone is 2. The molecule has 1 aliphatic heterocycles. The average Bonchev–Trinajstić information content (AvgIpc) is 3.58. The van der Waals surface area contributed by atoms with Gasteiger partial charge in [-0.15, -0.1) is 6.58 Å². The summed E-state index contributed by atoms with van der Waals surface area (Å²) in [5.74, 6) is 4.37. The van der Waals surface area contributed by atoms with Crippen LogP contribution in [0.1, 0.15) is 92.4 Å². The molecular weight excluding hydrogens is 364 g/mol. The summed E-state index contributed by atoms with van der Waals surface area (Å²) in [7, 11) is 0. The third kappa shape index (κ3) is 2.40. The molecule has 5 aliphatic carbocycles. The predicted molar refractivity (Wildman–Crippen MR) is 124 cm³/mol. The molecule has 10 atom stereocenters. The third-order valence-corrected chi connectivity index (χ3v) is 12.2. The van der Waals surface area contributed by atoms with Crippen molar-refractivity contribution in [2.45, 2.75) is 105 Å². The smallest absolute Gasteiger partial charge is 0.103 e. The SMILES string of the molecule is C=CC(C)[C@@]1(CC)[C@H]2C[C@H]2[C@H]2C[C@@](C)([C@H]3CCC4OC4C=C3C3(C)CC3)CC[C@@]21C. The molecule has 0 N–H and O–H groups in total. The van der Waals surface area contributed by atoms with Crippen molar-refractivity contribution in [3.05, 3.63) is 24.3 Å². The minimum Gasteiger partial charge on any atom is -0.365 e. The molecule has 4 saturated carbocycles. The molecule has 0 spiro atoms. The fourth-order valence-electron chi connectivity index (χ4n) is 9.95. The molecule has 0 radical (unpaired) electrons. The van der Waals surface area contributed by atoms with Crippen LogP contribution < -0.4 is 0 Å². The Labute approximate surface area is 185 Å². The van der Waals surface area contributed by atoms with Crippen molar-refractivity contribution in [3.63, 3.8) is 0 Å². The molecule has 1 saturated heterocycles. The second-order valence-corrected chi connectivity index (χ2v) is 13.3. The molecule has 166 valence electrons. The van der Waals surface area contributed by atoms with Crippen molar-refractivity contribution in [3.8, 4) is 0 Å². The average molecular weight is 409 g/mol. The molecule has 1 heterocycles. The molecular formula is C29H44O. The van der Waals surface area contributed by atoms with Crippen LogP contribution in [0.3, 0.4) is 0 Å². The van der Waals surface area contributed by atoms with Crippen LogP contribution in [0.15, 0.2) is 24.3 Å². The first-order valence-corrected chi connectivity index (χ1v) is 13.2. The van der Waals surface area contributed by atoms with Crippen LogP contribution in [0.5, 0.6) is 0 Å². The van der Waals surface area contributed by atoms with Crippen LogP contribution in [0.25, 0.3) is 0 Å². The number of hydrogen-bond acceptors (Lipinski definition) is 1. The lowest BCUT2D eigenvalue weighted by Crippen LogP contribution is -2.51. The van der Waals surface area contributed by atoms with Gasteiger partial charge in [-0.2, -0.15) is 0 Å². The van der Waals surface area contributed by atoms with Gasteiger partial charge in [0.15, 0.2) is 0 Å². The van der Waals surface area contributed by atoms with Crippen LogP contribution in [-0.4, -0.2) is 12.2 Å². The normalized spacial score (nSPS) is 56.0. The minimum absolute atomic E-state index is 0.459. The molecule has 1 nitrogen and oxygen atoms in total. The van der Waals surface area contributed by atoms with E-state index < -0.39 is 0 Å². The van der Waals surface area contributed by atoms with Crippen molar-refractivity contribution < 1.29 is 4.74 Å². The summed E-state index contributed by atoms with van der Waals surface area (Å²) in [6, 6.07) is 0. The number of fused-ring (bicyclic) bond motifs is 4. The van der Waals surface area contributed by atoms with Crippen molar-refractivity contribution in [1.82, 2.24) is 0 Å². The van der Waals surface area contributed by atoms with Gasteiger partial charge in [0.2, 0.25) is 0 Å². The quantitative estimate of drug-likeness (QED) is 0.337. The fourth-order valence-corrected chi connectivity index (χ4v) is 9.95. The van der Waals surface area contributed by atoms with Gasteiger partial charge in [-0.1, -0.05) is 52.3 Å². The Morgan fingerprint density at radius 2 is 1.90 bits per heavy atom. The van der Waals surface area contributed by atoms with E-state index in [1.165, 1.54) is 57.8 Å². The van der Waals surface area contributed by atoms with E-state index in [0.29, 0.717) is 39.8 Å². The highest BCUT2D eigenvalue weighted by Crippen LogP contribution is 2.81. The van der Waals surface area contributed by atoms with E-state index in [4.69, 9.17) is 4.74 Å². The van der Waals surface area contributed by atoms with E-state index >= 15 is 0 Å². The summed E-state index contributed by atoms with van der Waals surface area (Å²) < 4.78 is 5.98. The van der Waals surface area contributed by atoms with Gasteiger partial charge in [0, 0.05) is 0 Å². The van der Waals surface area contributed by atoms with Gasteiger partial charge in [0.25, 0.3) is 0 Å². The second kappa shape index (κ2) is 6.06.